The maximum atomic E-state index is 10.5. The van der Waals surface area contributed by atoms with Gasteiger partial charge in [-0.2, -0.15) is 4.98 Å². The fourth-order valence-corrected chi connectivity index (χ4v) is 1.58. The molecule has 0 saturated carbocycles. The van der Waals surface area contributed by atoms with Crippen molar-refractivity contribution in [2.45, 2.75) is 12.8 Å². The van der Waals surface area contributed by atoms with E-state index in [2.05, 4.69) is 9.97 Å². The molecule has 0 radical (unpaired) electrons. The molecule has 0 atom stereocenters. The number of hydrogen-bond donors (Lipinski definition) is 0. The van der Waals surface area contributed by atoms with E-state index in [4.69, 9.17) is 23.2 Å². The van der Waals surface area contributed by atoms with E-state index in [0.29, 0.717) is 11.8 Å². The smallest absolute Gasteiger partial charge is 0.324 e. The topological polar surface area (TPSA) is 72.2 Å². The number of unbranched alkanes of at least 4 members (excludes halogenated alkanes) is 1. The van der Waals surface area contributed by atoms with Gasteiger partial charge in [0.2, 0.25) is 11.1 Å². The fourth-order valence-electron chi connectivity index (χ4n) is 1.20. The largest absolute Gasteiger partial charge is 0.344 e. The summed E-state index contributed by atoms with van der Waals surface area (Å²) in [5.41, 5.74) is -0.287. The van der Waals surface area contributed by atoms with Gasteiger partial charge in [0.05, 0.1) is 4.92 Å². The zero-order valence-corrected chi connectivity index (χ0v) is 10.8. The molecule has 0 saturated heterocycles. The monoisotopic (exact) mass is 278 g/mol. The summed E-state index contributed by atoms with van der Waals surface area (Å²) in [7, 11) is 1.80. The van der Waals surface area contributed by atoms with Crippen LogP contribution in [0.4, 0.5) is 11.6 Å². The van der Waals surface area contributed by atoms with Crippen molar-refractivity contribution in [1.82, 2.24) is 9.97 Å². The highest BCUT2D eigenvalue weighted by atomic mass is 35.5. The predicted octanol–water partition coefficient (Wildman–Crippen LogP) is 2.49. The Morgan fingerprint density at radius 2 is 2.24 bits per heavy atom. The molecule has 0 aliphatic heterocycles. The zero-order chi connectivity index (χ0) is 12.8. The van der Waals surface area contributed by atoms with Gasteiger partial charge in [0, 0.05) is 19.5 Å². The Morgan fingerprint density at radius 1 is 1.53 bits per heavy atom. The van der Waals surface area contributed by atoms with Crippen LogP contribution < -0.4 is 4.90 Å². The first kappa shape index (κ1) is 13.9. The van der Waals surface area contributed by atoms with Gasteiger partial charge in [0.15, 0.2) is 0 Å². The number of alkyl halides is 1. The third-order valence-electron chi connectivity index (χ3n) is 2.13. The van der Waals surface area contributed by atoms with E-state index in [9.17, 15) is 10.1 Å². The van der Waals surface area contributed by atoms with E-state index in [1.54, 1.807) is 11.9 Å². The van der Waals surface area contributed by atoms with Crippen molar-refractivity contribution in [2.75, 3.05) is 24.4 Å². The Labute approximate surface area is 109 Å². The van der Waals surface area contributed by atoms with Crippen molar-refractivity contribution in [3.63, 3.8) is 0 Å². The zero-order valence-electron chi connectivity index (χ0n) is 9.27. The highest BCUT2D eigenvalue weighted by Gasteiger charge is 2.16. The normalized spacial score (nSPS) is 10.3. The number of hydrogen-bond acceptors (Lipinski definition) is 5. The summed E-state index contributed by atoms with van der Waals surface area (Å²) >= 11 is 11.3. The molecular formula is C9H12Cl2N4O2. The van der Waals surface area contributed by atoms with Gasteiger partial charge in [-0.05, 0) is 12.8 Å². The van der Waals surface area contributed by atoms with E-state index < -0.39 is 4.92 Å². The molecule has 0 N–H and O–H groups in total. The highest BCUT2D eigenvalue weighted by molar-refractivity contribution is 6.31. The Morgan fingerprint density at radius 3 is 2.76 bits per heavy atom. The van der Waals surface area contributed by atoms with E-state index in [0.717, 1.165) is 25.6 Å². The number of nitro groups is 1. The lowest BCUT2D eigenvalue weighted by molar-refractivity contribution is -0.385. The second kappa shape index (κ2) is 6.56. The average Bonchev–Trinajstić information content (AvgIpc) is 2.28. The van der Waals surface area contributed by atoms with Gasteiger partial charge in [0.25, 0.3) is 0 Å². The summed E-state index contributed by atoms with van der Waals surface area (Å²) in [6, 6.07) is 0. The maximum absolute atomic E-state index is 10.5. The molecule has 1 aromatic rings. The van der Waals surface area contributed by atoms with Crippen molar-refractivity contribution in [2.24, 2.45) is 0 Å². The molecule has 0 amide bonds. The number of rotatable bonds is 6. The second-order valence-electron chi connectivity index (χ2n) is 3.42. The molecule has 0 aromatic carbocycles. The molecule has 0 unspecified atom stereocenters. The lowest BCUT2D eigenvalue weighted by Gasteiger charge is -2.16. The van der Waals surface area contributed by atoms with Crippen LogP contribution in [0.2, 0.25) is 5.15 Å². The molecule has 1 aromatic heterocycles. The van der Waals surface area contributed by atoms with Gasteiger partial charge in [-0.1, -0.05) is 11.6 Å². The minimum Gasteiger partial charge on any atom is -0.344 e. The van der Waals surface area contributed by atoms with Crippen LogP contribution >= 0.6 is 23.2 Å². The van der Waals surface area contributed by atoms with Crippen molar-refractivity contribution in [3.8, 4) is 0 Å². The van der Waals surface area contributed by atoms with Gasteiger partial charge in [-0.15, -0.1) is 11.6 Å². The van der Waals surface area contributed by atoms with Gasteiger partial charge in [-0.25, -0.2) is 4.98 Å². The van der Waals surface area contributed by atoms with Gasteiger partial charge in [0.1, 0.15) is 6.20 Å². The van der Waals surface area contributed by atoms with Crippen LogP contribution in [0.15, 0.2) is 6.20 Å². The molecule has 0 bridgehead atoms. The average molecular weight is 279 g/mol. The number of nitrogens with zero attached hydrogens (tertiary/aromatic N) is 4. The standard InChI is InChI=1S/C9H12Cl2N4O2/c1-14(5-3-2-4-10)9-12-6-7(15(16)17)8(11)13-9/h6H,2-5H2,1H3. The van der Waals surface area contributed by atoms with Crippen LogP contribution in [0.25, 0.3) is 0 Å². The van der Waals surface area contributed by atoms with Crippen LogP contribution in [0.5, 0.6) is 0 Å². The molecule has 0 aliphatic carbocycles. The summed E-state index contributed by atoms with van der Waals surface area (Å²) in [5, 5.41) is 10.4. The van der Waals surface area contributed by atoms with Crippen LogP contribution in [0.3, 0.4) is 0 Å². The van der Waals surface area contributed by atoms with E-state index in [1.807, 2.05) is 0 Å². The van der Waals surface area contributed by atoms with Crippen LogP contribution in [0, 0.1) is 10.1 Å². The first-order valence-electron chi connectivity index (χ1n) is 5.00. The second-order valence-corrected chi connectivity index (χ2v) is 4.16. The van der Waals surface area contributed by atoms with Crippen molar-refractivity contribution < 1.29 is 4.92 Å². The molecule has 0 fully saturated rings. The molecule has 8 heteroatoms. The minimum atomic E-state index is -0.611. The maximum Gasteiger partial charge on any atom is 0.324 e. The SMILES string of the molecule is CN(CCCCCl)c1ncc([N+](=O)[O-])c(Cl)n1. The van der Waals surface area contributed by atoms with Crippen LogP contribution in [0.1, 0.15) is 12.8 Å². The lowest BCUT2D eigenvalue weighted by Crippen LogP contribution is -2.21. The highest BCUT2D eigenvalue weighted by Crippen LogP contribution is 2.22. The summed E-state index contributed by atoms with van der Waals surface area (Å²) in [6.45, 7) is 0.723. The summed E-state index contributed by atoms with van der Waals surface area (Å²) < 4.78 is 0. The van der Waals surface area contributed by atoms with Gasteiger partial charge in [-0.3, -0.25) is 10.1 Å². The lowest BCUT2D eigenvalue weighted by atomic mass is 10.3. The molecule has 1 heterocycles. The Bertz CT molecular complexity index is 403. The molecule has 0 spiro atoms. The first-order valence-corrected chi connectivity index (χ1v) is 5.91. The van der Waals surface area contributed by atoms with Crippen molar-refractivity contribution in [3.05, 3.63) is 21.5 Å². The fraction of sp³-hybridized carbons (Fsp3) is 0.556. The van der Waals surface area contributed by atoms with Gasteiger partial charge < -0.3 is 4.90 Å². The van der Waals surface area contributed by atoms with E-state index >= 15 is 0 Å². The quantitative estimate of drug-likeness (QED) is 0.263. The molecule has 94 valence electrons. The minimum absolute atomic E-state index is 0.149. The van der Waals surface area contributed by atoms with Crippen LogP contribution in [-0.2, 0) is 0 Å². The molecule has 1 rings (SSSR count). The summed E-state index contributed by atoms with van der Waals surface area (Å²) in [5.74, 6) is 0.977. The van der Waals surface area contributed by atoms with E-state index in [-0.39, 0.29) is 10.8 Å². The van der Waals surface area contributed by atoms with Gasteiger partial charge >= 0.3 is 5.69 Å². The van der Waals surface area contributed by atoms with E-state index in [1.165, 1.54) is 0 Å². The molecular weight excluding hydrogens is 267 g/mol. The molecule has 17 heavy (non-hydrogen) atoms. The summed E-state index contributed by atoms with van der Waals surface area (Å²) in [6.07, 6.45) is 2.91. The molecule has 0 aliphatic rings. The summed E-state index contributed by atoms with van der Waals surface area (Å²) in [4.78, 5) is 19.5. The Hall–Kier alpha value is -1.14. The van der Waals surface area contributed by atoms with Crippen molar-refractivity contribution >= 4 is 34.8 Å². The third kappa shape index (κ3) is 3.98. The predicted molar refractivity (Wildman–Crippen MR) is 66.9 cm³/mol. The third-order valence-corrected chi connectivity index (χ3v) is 2.67. The first-order chi connectivity index (χ1) is 8.06. The van der Waals surface area contributed by atoms with Crippen molar-refractivity contribution in [1.29, 1.82) is 0 Å². The molecule has 6 nitrogen and oxygen atoms in total. The number of anilines is 1. The number of halogens is 2. The van der Waals surface area contributed by atoms with Crippen LogP contribution in [-0.4, -0.2) is 34.4 Å². The Kier molecular flexibility index (Phi) is 5.37. The Balaban J connectivity index is 2.72. The number of aromatic nitrogens is 2.